The molecule has 5 atom stereocenters. The lowest BCUT2D eigenvalue weighted by Gasteiger charge is -2.19. The zero-order chi connectivity index (χ0) is 10.6. The Morgan fingerprint density at radius 1 is 1.33 bits per heavy atom. The molecule has 1 saturated carbocycles. The molecule has 2 bridgehead atoms. The first-order valence-electron chi connectivity index (χ1n) is 5.69. The topological polar surface area (TPSA) is 26.3 Å². The molecule has 0 saturated heterocycles. The summed E-state index contributed by atoms with van der Waals surface area (Å²) >= 11 is 0. The summed E-state index contributed by atoms with van der Waals surface area (Å²) in [6.07, 6.45) is 7.78. The van der Waals surface area contributed by atoms with Gasteiger partial charge < -0.3 is 4.74 Å². The highest BCUT2D eigenvalue weighted by atomic mass is 16.5. The second kappa shape index (κ2) is 2.97. The van der Waals surface area contributed by atoms with E-state index in [2.05, 4.69) is 25.2 Å². The molecule has 0 N–H and O–H groups in total. The SMILES string of the molecule is COC(=O)C1=CC2C(C1)C1C=CC2[C@@H]1C. The van der Waals surface area contributed by atoms with Crippen LogP contribution in [0.15, 0.2) is 23.8 Å². The predicted octanol–water partition coefficient (Wildman–Crippen LogP) is 2.17. The average molecular weight is 204 g/mol. The zero-order valence-electron chi connectivity index (χ0n) is 9.14. The molecule has 0 radical (unpaired) electrons. The molecule has 2 nitrogen and oxygen atoms in total. The number of esters is 1. The number of fused-ring (bicyclic) bond motifs is 5. The molecule has 0 spiro atoms. The Morgan fingerprint density at radius 3 is 2.73 bits per heavy atom. The lowest BCUT2D eigenvalue weighted by Crippen LogP contribution is -2.13. The molecule has 0 heterocycles. The molecule has 3 aliphatic rings. The van der Waals surface area contributed by atoms with Crippen LogP contribution >= 0.6 is 0 Å². The number of methoxy groups -OCH3 is 1. The van der Waals surface area contributed by atoms with Gasteiger partial charge in [0.1, 0.15) is 0 Å². The molecule has 0 aliphatic heterocycles. The summed E-state index contributed by atoms with van der Waals surface area (Å²) < 4.78 is 4.79. The van der Waals surface area contributed by atoms with Crippen molar-refractivity contribution in [3.63, 3.8) is 0 Å². The van der Waals surface area contributed by atoms with Crippen LogP contribution < -0.4 is 0 Å². The first-order chi connectivity index (χ1) is 7.22. The van der Waals surface area contributed by atoms with Crippen LogP contribution in [0, 0.1) is 29.6 Å². The quantitative estimate of drug-likeness (QED) is 0.483. The van der Waals surface area contributed by atoms with Crippen LogP contribution in [-0.2, 0) is 9.53 Å². The molecule has 80 valence electrons. The molecule has 0 aromatic rings. The van der Waals surface area contributed by atoms with Gasteiger partial charge in [-0.3, -0.25) is 0 Å². The monoisotopic (exact) mass is 204 g/mol. The summed E-state index contributed by atoms with van der Waals surface area (Å²) in [5.74, 6) is 3.28. The predicted molar refractivity (Wildman–Crippen MR) is 57.0 cm³/mol. The lowest BCUT2D eigenvalue weighted by atomic mass is 9.85. The standard InChI is InChI=1S/C13H16O2/c1-7-9-3-4-10(7)12-6-8(5-11(9)12)13(14)15-2/h3-5,7,9-12H,6H2,1-2H3/t7-,9?,10?,11?,12?/m0/s1. The second-order valence-electron chi connectivity index (χ2n) is 5.03. The van der Waals surface area contributed by atoms with Crippen molar-refractivity contribution >= 4 is 5.97 Å². The van der Waals surface area contributed by atoms with Crippen LogP contribution in [0.2, 0.25) is 0 Å². The van der Waals surface area contributed by atoms with Crippen LogP contribution in [0.3, 0.4) is 0 Å². The van der Waals surface area contributed by atoms with E-state index in [-0.39, 0.29) is 5.97 Å². The summed E-state index contributed by atoms with van der Waals surface area (Å²) in [7, 11) is 1.47. The van der Waals surface area contributed by atoms with Crippen molar-refractivity contribution in [2.24, 2.45) is 29.6 Å². The number of hydrogen-bond acceptors (Lipinski definition) is 2. The number of hydrogen-bond donors (Lipinski definition) is 0. The van der Waals surface area contributed by atoms with E-state index >= 15 is 0 Å². The molecule has 2 heteroatoms. The van der Waals surface area contributed by atoms with Gasteiger partial charge in [0.25, 0.3) is 0 Å². The zero-order valence-corrected chi connectivity index (χ0v) is 9.14. The van der Waals surface area contributed by atoms with Crippen molar-refractivity contribution in [3.05, 3.63) is 23.8 Å². The number of ether oxygens (including phenoxy) is 1. The molecule has 15 heavy (non-hydrogen) atoms. The van der Waals surface area contributed by atoms with Gasteiger partial charge in [-0.1, -0.05) is 25.2 Å². The maximum Gasteiger partial charge on any atom is 0.333 e. The largest absolute Gasteiger partial charge is 0.466 e. The number of rotatable bonds is 1. The molecular weight excluding hydrogens is 188 g/mol. The fourth-order valence-electron chi connectivity index (χ4n) is 3.76. The summed E-state index contributed by atoms with van der Waals surface area (Å²) in [4.78, 5) is 11.4. The van der Waals surface area contributed by atoms with Gasteiger partial charge in [0.05, 0.1) is 7.11 Å². The number of carbonyl (C=O) groups excluding carboxylic acids is 1. The minimum atomic E-state index is -0.128. The second-order valence-corrected chi connectivity index (χ2v) is 5.03. The van der Waals surface area contributed by atoms with Crippen LogP contribution in [0.5, 0.6) is 0 Å². The fourth-order valence-corrected chi connectivity index (χ4v) is 3.76. The van der Waals surface area contributed by atoms with Gasteiger partial charge in [-0.05, 0) is 36.0 Å². The van der Waals surface area contributed by atoms with Crippen molar-refractivity contribution in [3.8, 4) is 0 Å². The highest BCUT2D eigenvalue weighted by Crippen LogP contribution is 2.57. The third-order valence-electron chi connectivity index (χ3n) is 4.50. The molecule has 3 aliphatic carbocycles. The van der Waals surface area contributed by atoms with Gasteiger partial charge >= 0.3 is 5.97 Å². The van der Waals surface area contributed by atoms with Crippen LogP contribution in [0.1, 0.15) is 13.3 Å². The Labute approximate surface area is 90.0 Å². The highest BCUT2D eigenvalue weighted by molar-refractivity contribution is 5.89. The van der Waals surface area contributed by atoms with Gasteiger partial charge in [0.15, 0.2) is 0 Å². The van der Waals surface area contributed by atoms with E-state index in [4.69, 9.17) is 4.74 Å². The Morgan fingerprint density at radius 2 is 2.07 bits per heavy atom. The van der Waals surface area contributed by atoms with Gasteiger partial charge in [-0.2, -0.15) is 0 Å². The van der Waals surface area contributed by atoms with Crippen LogP contribution in [0.4, 0.5) is 0 Å². The van der Waals surface area contributed by atoms with Gasteiger partial charge in [0.2, 0.25) is 0 Å². The lowest BCUT2D eigenvalue weighted by molar-refractivity contribution is -0.136. The number of allylic oxidation sites excluding steroid dienone is 3. The summed E-state index contributed by atoms with van der Waals surface area (Å²) in [5.41, 5.74) is 0.901. The van der Waals surface area contributed by atoms with Crippen molar-refractivity contribution in [2.75, 3.05) is 7.11 Å². The Kier molecular flexibility index (Phi) is 1.82. The van der Waals surface area contributed by atoms with Gasteiger partial charge in [-0.15, -0.1) is 0 Å². The Balaban J connectivity index is 1.87. The van der Waals surface area contributed by atoms with E-state index in [0.29, 0.717) is 23.7 Å². The maximum absolute atomic E-state index is 11.4. The molecule has 0 amide bonds. The molecule has 0 aromatic heterocycles. The normalized spacial score (nSPS) is 45.5. The maximum atomic E-state index is 11.4. The third kappa shape index (κ3) is 1.08. The molecular formula is C13H16O2. The van der Waals surface area contributed by atoms with Crippen molar-refractivity contribution in [1.82, 2.24) is 0 Å². The van der Waals surface area contributed by atoms with Crippen molar-refractivity contribution < 1.29 is 9.53 Å². The van der Waals surface area contributed by atoms with Crippen molar-refractivity contribution in [1.29, 1.82) is 0 Å². The average Bonchev–Trinajstić information content (AvgIpc) is 2.87. The first-order valence-corrected chi connectivity index (χ1v) is 5.69. The first kappa shape index (κ1) is 9.20. The van der Waals surface area contributed by atoms with E-state index in [1.807, 2.05) is 0 Å². The fraction of sp³-hybridized carbons (Fsp3) is 0.615. The van der Waals surface area contributed by atoms with Crippen LogP contribution in [0.25, 0.3) is 0 Å². The summed E-state index contributed by atoms with van der Waals surface area (Å²) in [6.45, 7) is 2.33. The van der Waals surface area contributed by atoms with Gasteiger partial charge in [-0.25, -0.2) is 4.79 Å². The van der Waals surface area contributed by atoms with E-state index in [1.165, 1.54) is 7.11 Å². The molecule has 0 aromatic carbocycles. The van der Waals surface area contributed by atoms with E-state index in [1.54, 1.807) is 0 Å². The Hall–Kier alpha value is -1.05. The Bertz CT molecular complexity index is 367. The van der Waals surface area contributed by atoms with E-state index < -0.39 is 0 Å². The molecule has 3 rings (SSSR count). The molecule has 4 unspecified atom stereocenters. The number of carbonyl (C=O) groups is 1. The van der Waals surface area contributed by atoms with Crippen molar-refractivity contribution in [2.45, 2.75) is 13.3 Å². The van der Waals surface area contributed by atoms with E-state index in [0.717, 1.165) is 17.9 Å². The smallest absolute Gasteiger partial charge is 0.333 e. The summed E-state index contributed by atoms with van der Waals surface area (Å²) in [6, 6.07) is 0. The third-order valence-corrected chi connectivity index (χ3v) is 4.50. The minimum absolute atomic E-state index is 0.128. The minimum Gasteiger partial charge on any atom is -0.466 e. The summed E-state index contributed by atoms with van der Waals surface area (Å²) in [5, 5.41) is 0. The van der Waals surface area contributed by atoms with E-state index in [9.17, 15) is 4.79 Å². The van der Waals surface area contributed by atoms with Crippen LogP contribution in [-0.4, -0.2) is 13.1 Å². The molecule has 1 fully saturated rings. The van der Waals surface area contributed by atoms with Gasteiger partial charge in [0, 0.05) is 5.57 Å². The highest BCUT2D eigenvalue weighted by Gasteiger charge is 2.51.